The monoisotopic (exact) mass is 350 g/mol. The summed E-state index contributed by atoms with van der Waals surface area (Å²) in [6.07, 6.45) is 4.53. The lowest BCUT2D eigenvalue weighted by Crippen LogP contribution is -2.30. The van der Waals surface area contributed by atoms with E-state index in [2.05, 4.69) is 10.3 Å². The molecule has 1 N–H and O–H groups in total. The Morgan fingerprint density at radius 2 is 2.04 bits per heavy atom. The summed E-state index contributed by atoms with van der Waals surface area (Å²) in [5.41, 5.74) is 3.30. The number of benzene rings is 1. The number of carbonyl (C=O) groups excluding carboxylic acids is 2. The molecule has 2 amide bonds. The molecule has 6 heteroatoms. The predicted molar refractivity (Wildman–Crippen MR) is 102 cm³/mol. The quantitative estimate of drug-likeness (QED) is 0.921. The molecule has 2 heterocycles. The second kappa shape index (κ2) is 6.44. The second-order valence-electron chi connectivity index (χ2n) is 7.08. The molecule has 1 aliphatic carbocycles. The SMILES string of the molecule is CN(C)c1ncccc1C(=O)Nc1ccc2c(c1)N(C(=O)C1CC1)CC2. The van der Waals surface area contributed by atoms with Crippen molar-refractivity contribution in [3.63, 3.8) is 0 Å². The smallest absolute Gasteiger partial charge is 0.259 e. The Bertz CT molecular complexity index is 874. The molecule has 4 rings (SSSR count). The Balaban J connectivity index is 1.57. The topological polar surface area (TPSA) is 65.5 Å². The maximum Gasteiger partial charge on any atom is 0.259 e. The fourth-order valence-electron chi connectivity index (χ4n) is 3.37. The van der Waals surface area contributed by atoms with Crippen LogP contribution in [0.25, 0.3) is 0 Å². The lowest BCUT2D eigenvalue weighted by molar-refractivity contribution is -0.119. The first-order valence-electron chi connectivity index (χ1n) is 8.92. The van der Waals surface area contributed by atoms with Crippen molar-refractivity contribution >= 4 is 29.0 Å². The van der Waals surface area contributed by atoms with E-state index in [0.29, 0.717) is 17.1 Å². The summed E-state index contributed by atoms with van der Waals surface area (Å²) in [5.74, 6) is 0.822. The summed E-state index contributed by atoms with van der Waals surface area (Å²) in [7, 11) is 3.71. The Morgan fingerprint density at radius 3 is 2.77 bits per heavy atom. The molecule has 0 unspecified atom stereocenters. The first-order valence-corrected chi connectivity index (χ1v) is 8.92. The lowest BCUT2D eigenvalue weighted by Gasteiger charge is -2.18. The Labute approximate surface area is 152 Å². The van der Waals surface area contributed by atoms with Crippen molar-refractivity contribution in [1.29, 1.82) is 0 Å². The van der Waals surface area contributed by atoms with E-state index in [9.17, 15) is 9.59 Å². The third-order valence-electron chi connectivity index (χ3n) is 4.89. The van der Waals surface area contributed by atoms with Crippen LogP contribution >= 0.6 is 0 Å². The van der Waals surface area contributed by atoms with Gasteiger partial charge in [-0.25, -0.2) is 4.98 Å². The van der Waals surface area contributed by atoms with Gasteiger partial charge < -0.3 is 15.1 Å². The van der Waals surface area contributed by atoms with Crippen LogP contribution in [0, 0.1) is 5.92 Å². The molecule has 0 radical (unpaired) electrons. The van der Waals surface area contributed by atoms with Crippen LogP contribution in [-0.4, -0.2) is 37.4 Å². The van der Waals surface area contributed by atoms with Gasteiger partial charge in [-0.1, -0.05) is 6.07 Å². The van der Waals surface area contributed by atoms with Gasteiger partial charge in [0.15, 0.2) is 0 Å². The van der Waals surface area contributed by atoms with E-state index >= 15 is 0 Å². The number of anilines is 3. The van der Waals surface area contributed by atoms with Crippen LogP contribution in [0.4, 0.5) is 17.2 Å². The number of pyridine rings is 1. The van der Waals surface area contributed by atoms with Crippen molar-refractivity contribution in [1.82, 2.24) is 4.98 Å². The zero-order chi connectivity index (χ0) is 18.3. The molecular weight excluding hydrogens is 328 g/mol. The Hall–Kier alpha value is -2.89. The fraction of sp³-hybridized carbons (Fsp3) is 0.350. The van der Waals surface area contributed by atoms with Crippen molar-refractivity contribution in [3.8, 4) is 0 Å². The Morgan fingerprint density at radius 1 is 1.23 bits per heavy atom. The second-order valence-corrected chi connectivity index (χ2v) is 7.08. The van der Waals surface area contributed by atoms with Crippen LogP contribution in [0.15, 0.2) is 36.5 Å². The lowest BCUT2D eigenvalue weighted by atomic mass is 10.1. The van der Waals surface area contributed by atoms with Gasteiger partial charge in [0, 0.05) is 44.1 Å². The highest BCUT2D eigenvalue weighted by molar-refractivity contribution is 6.08. The number of nitrogens with one attached hydrogen (secondary N) is 1. The molecule has 1 aromatic carbocycles. The van der Waals surface area contributed by atoms with Crippen LogP contribution in [-0.2, 0) is 11.2 Å². The number of rotatable bonds is 4. The maximum absolute atomic E-state index is 12.7. The predicted octanol–water partition coefficient (Wildman–Crippen LogP) is 2.70. The zero-order valence-electron chi connectivity index (χ0n) is 15.0. The fourth-order valence-corrected chi connectivity index (χ4v) is 3.37. The molecule has 2 aliphatic rings. The van der Waals surface area contributed by atoms with E-state index in [4.69, 9.17) is 0 Å². The van der Waals surface area contributed by atoms with Crippen LogP contribution < -0.4 is 15.1 Å². The minimum Gasteiger partial charge on any atom is -0.362 e. The number of amides is 2. The summed E-state index contributed by atoms with van der Waals surface area (Å²) in [5, 5.41) is 2.94. The van der Waals surface area contributed by atoms with Gasteiger partial charge in [-0.15, -0.1) is 0 Å². The van der Waals surface area contributed by atoms with E-state index in [1.165, 1.54) is 0 Å². The van der Waals surface area contributed by atoms with Crippen LogP contribution in [0.3, 0.4) is 0 Å². The molecule has 1 saturated carbocycles. The molecule has 0 saturated heterocycles. The number of fused-ring (bicyclic) bond motifs is 1. The average molecular weight is 350 g/mol. The third-order valence-corrected chi connectivity index (χ3v) is 4.89. The van der Waals surface area contributed by atoms with Gasteiger partial charge in [0.05, 0.1) is 5.56 Å². The summed E-state index contributed by atoms with van der Waals surface area (Å²) in [6, 6.07) is 9.32. The summed E-state index contributed by atoms with van der Waals surface area (Å²) in [4.78, 5) is 33.1. The van der Waals surface area contributed by atoms with E-state index in [1.54, 1.807) is 18.3 Å². The number of hydrogen-bond acceptors (Lipinski definition) is 4. The summed E-state index contributed by atoms with van der Waals surface area (Å²) >= 11 is 0. The molecule has 0 bridgehead atoms. The highest BCUT2D eigenvalue weighted by atomic mass is 16.2. The zero-order valence-corrected chi connectivity index (χ0v) is 15.0. The largest absolute Gasteiger partial charge is 0.362 e. The van der Waals surface area contributed by atoms with Crippen molar-refractivity contribution in [3.05, 3.63) is 47.7 Å². The van der Waals surface area contributed by atoms with Crippen molar-refractivity contribution in [2.45, 2.75) is 19.3 Å². The highest BCUT2D eigenvalue weighted by Gasteiger charge is 2.36. The van der Waals surface area contributed by atoms with E-state index < -0.39 is 0 Å². The van der Waals surface area contributed by atoms with Gasteiger partial charge in [0.1, 0.15) is 5.82 Å². The normalized spacial score (nSPS) is 15.5. The van der Waals surface area contributed by atoms with Gasteiger partial charge in [0.2, 0.25) is 5.91 Å². The average Bonchev–Trinajstić information content (AvgIpc) is 3.41. The molecule has 2 aromatic rings. The van der Waals surface area contributed by atoms with E-state index in [1.807, 2.05) is 42.1 Å². The molecule has 134 valence electrons. The van der Waals surface area contributed by atoms with Crippen LogP contribution in [0.5, 0.6) is 0 Å². The molecule has 1 aliphatic heterocycles. The van der Waals surface area contributed by atoms with Crippen LogP contribution in [0.2, 0.25) is 0 Å². The summed E-state index contributed by atoms with van der Waals surface area (Å²) < 4.78 is 0. The van der Waals surface area contributed by atoms with E-state index in [0.717, 1.165) is 37.1 Å². The number of aromatic nitrogens is 1. The molecule has 0 atom stereocenters. The molecule has 26 heavy (non-hydrogen) atoms. The van der Waals surface area contributed by atoms with Gasteiger partial charge in [-0.3, -0.25) is 9.59 Å². The first-order chi connectivity index (χ1) is 12.5. The third kappa shape index (κ3) is 3.03. The van der Waals surface area contributed by atoms with Gasteiger partial charge in [-0.2, -0.15) is 0 Å². The molecule has 1 fully saturated rings. The minimum atomic E-state index is -0.209. The summed E-state index contributed by atoms with van der Waals surface area (Å²) in [6.45, 7) is 0.732. The highest BCUT2D eigenvalue weighted by Crippen LogP contribution is 2.37. The van der Waals surface area contributed by atoms with Crippen molar-refractivity contribution in [2.75, 3.05) is 35.8 Å². The number of hydrogen-bond donors (Lipinski definition) is 1. The van der Waals surface area contributed by atoms with Gasteiger partial charge >= 0.3 is 0 Å². The molecular formula is C20H22N4O2. The molecule has 6 nitrogen and oxygen atoms in total. The molecule has 0 spiro atoms. The molecule has 1 aromatic heterocycles. The van der Waals surface area contributed by atoms with Crippen molar-refractivity contribution < 1.29 is 9.59 Å². The minimum absolute atomic E-state index is 0.192. The number of nitrogens with zero attached hydrogens (tertiary/aromatic N) is 3. The number of carbonyl (C=O) groups is 2. The van der Waals surface area contributed by atoms with Crippen molar-refractivity contribution in [2.24, 2.45) is 5.92 Å². The standard InChI is InChI=1S/C20H22N4O2/c1-23(2)18-16(4-3-10-21-18)19(25)22-15-8-7-13-9-11-24(17(13)12-15)20(26)14-5-6-14/h3-4,7-8,10,12,14H,5-6,9,11H2,1-2H3,(H,22,25). The maximum atomic E-state index is 12.7. The van der Waals surface area contributed by atoms with E-state index in [-0.39, 0.29) is 17.7 Å². The van der Waals surface area contributed by atoms with Gasteiger partial charge in [0.25, 0.3) is 5.91 Å². The van der Waals surface area contributed by atoms with Gasteiger partial charge in [-0.05, 0) is 49.1 Å². The first kappa shape index (κ1) is 16.6. The Kier molecular flexibility index (Phi) is 4.11. The van der Waals surface area contributed by atoms with Crippen LogP contribution in [0.1, 0.15) is 28.8 Å².